The van der Waals surface area contributed by atoms with Crippen molar-refractivity contribution in [2.75, 3.05) is 12.4 Å². The first kappa shape index (κ1) is 15.3. The second kappa shape index (κ2) is 7.07. The Balaban J connectivity index is 1.89. The molecule has 1 aromatic carbocycles. The molecule has 2 aromatic rings. The van der Waals surface area contributed by atoms with Crippen molar-refractivity contribution in [2.45, 2.75) is 17.2 Å². The lowest BCUT2D eigenvalue weighted by Crippen LogP contribution is -2.30. The number of rotatable bonds is 5. The number of hydrogen-bond donors (Lipinski definition) is 2. The Hall–Kier alpha value is -2.09. The minimum Gasteiger partial charge on any atom is -0.323 e. The molecule has 2 rings (SSSR count). The molecule has 0 aliphatic rings. The molecule has 1 aromatic heterocycles. The van der Waals surface area contributed by atoms with E-state index in [1.807, 2.05) is 0 Å². The average molecular weight is 312 g/mol. The number of thioether (sulfide) groups is 1. The van der Waals surface area contributed by atoms with Crippen LogP contribution in [-0.4, -0.2) is 33.9 Å². The Morgan fingerprint density at radius 3 is 2.71 bits per heavy atom. The largest absolute Gasteiger partial charge is 0.323 e. The van der Waals surface area contributed by atoms with Crippen LogP contribution in [0.25, 0.3) is 0 Å². The van der Waals surface area contributed by atoms with Crippen molar-refractivity contribution in [1.82, 2.24) is 15.1 Å². The number of aromatic amines is 1. The summed E-state index contributed by atoms with van der Waals surface area (Å²) < 4.78 is 24.4. The molecule has 8 heteroatoms. The molecule has 21 heavy (non-hydrogen) atoms. The maximum atomic E-state index is 12.2. The Morgan fingerprint density at radius 1 is 1.43 bits per heavy atom. The molecule has 112 valence electrons. The number of nitrogens with zero attached hydrogens (tertiary/aromatic N) is 2. The second-order valence-electron chi connectivity index (χ2n) is 4.30. The molecule has 0 atom stereocenters. The van der Waals surface area contributed by atoms with E-state index in [1.165, 1.54) is 11.1 Å². The number of carbonyl (C=O) groups excluding carboxylic acids is 1. The molecule has 0 radical (unpaired) electrons. The molecular weight excluding hydrogens is 298 g/mol. The van der Waals surface area contributed by atoms with Gasteiger partial charge in [0.15, 0.2) is 0 Å². The van der Waals surface area contributed by atoms with Crippen molar-refractivity contribution in [3.63, 3.8) is 0 Å². The van der Waals surface area contributed by atoms with Crippen LogP contribution in [0, 0.1) is 0 Å². The van der Waals surface area contributed by atoms with Crippen molar-refractivity contribution in [2.24, 2.45) is 0 Å². The van der Waals surface area contributed by atoms with E-state index >= 15 is 0 Å². The highest BCUT2D eigenvalue weighted by atomic mass is 32.2. The number of hydrogen-bond acceptors (Lipinski definition) is 3. The van der Waals surface area contributed by atoms with Crippen LogP contribution in [0.15, 0.2) is 41.6 Å². The van der Waals surface area contributed by atoms with E-state index < -0.39 is 5.76 Å². The first-order valence-corrected chi connectivity index (χ1v) is 6.97. The third-order valence-electron chi connectivity index (χ3n) is 2.66. The van der Waals surface area contributed by atoms with Crippen LogP contribution in [0.1, 0.15) is 5.56 Å². The van der Waals surface area contributed by atoms with Gasteiger partial charge in [0.25, 0.3) is 5.76 Å². The molecule has 2 N–H and O–H groups in total. The summed E-state index contributed by atoms with van der Waals surface area (Å²) in [5.74, 6) is -2.43. The minimum atomic E-state index is -2.43. The summed E-state index contributed by atoms with van der Waals surface area (Å²) in [4.78, 5) is 13.9. The van der Waals surface area contributed by atoms with Gasteiger partial charge in [-0.2, -0.15) is 13.9 Å². The Morgan fingerprint density at radius 2 is 2.14 bits per heavy atom. The molecule has 5 nitrogen and oxygen atoms in total. The van der Waals surface area contributed by atoms with Crippen molar-refractivity contribution in [3.05, 3.63) is 42.2 Å². The maximum absolute atomic E-state index is 12.2. The summed E-state index contributed by atoms with van der Waals surface area (Å²) in [5.41, 5.74) is 1.44. The first-order valence-electron chi connectivity index (χ1n) is 6.09. The number of H-pyrrole nitrogens is 1. The van der Waals surface area contributed by atoms with Crippen molar-refractivity contribution in [1.29, 1.82) is 0 Å². The summed E-state index contributed by atoms with van der Waals surface area (Å²) in [6, 6.07) is 6.42. The van der Waals surface area contributed by atoms with Crippen molar-refractivity contribution in [3.8, 4) is 0 Å². The lowest BCUT2D eigenvalue weighted by Gasteiger charge is -2.17. The van der Waals surface area contributed by atoms with E-state index in [0.717, 1.165) is 5.56 Å². The number of amides is 2. The quantitative estimate of drug-likeness (QED) is 0.832. The zero-order valence-electron chi connectivity index (χ0n) is 11.2. The topological polar surface area (TPSA) is 61.0 Å². The van der Waals surface area contributed by atoms with Gasteiger partial charge in [-0.1, -0.05) is 23.9 Å². The summed E-state index contributed by atoms with van der Waals surface area (Å²) in [6.07, 6.45) is 3.07. The summed E-state index contributed by atoms with van der Waals surface area (Å²) >= 11 is 0.498. The van der Waals surface area contributed by atoms with Gasteiger partial charge in [-0.15, -0.1) is 0 Å². The van der Waals surface area contributed by atoms with Crippen LogP contribution >= 0.6 is 11.8 Å². The zero-order valence-corrected chi connectivity index (χ0v) is 12.0. The number of benzene rings is 1. The number of carbonyl (C=O) groups is 1. The number of urea groups is 1. The normalized spacial score (nSPS) is 10.7. The second-order valence-corrected chi connectivity index (χ2v) is 5.36. The van der Waals surface area contributed by atoms with Crippen LogP contribution in [0.5, 0.6) is 0 Å². The van der Waals surface area contributed by atoms with Crippen LogP contribution in [0.2, 0.25) is 0 Å². The summed E-state index contributed by atoms with van der Waals surface area (Å²) in [6.45, 7) is 0.378. The van der Waals surface area contributed by atoms with Crippen molar-refractivity contribution < 1.29 is 13.6 Å². The van der Waals surface area contributed by atoms with Gasteiger partial charge >= 0.3 is 6.03 Å². The molecule has 0 saturated heterocycles. The van der Waals surface area contributed by atoms with Gasteiger partial charge < -0.3 is 10.2 Å². The molecule has 0 unspecified atom stereocenters. The van der Waals surface area contributed by atoms with Crippen LogP contribution in [0.3, 0.4) is 0 Å². The molecule has 0 aliphatic heterocycles. The SMILES string of the molecule is CN(Cc1ccc(SC(F)F)cc1)C(=O)Nc1cn[nH]c1. The van der Waals surface area contributed by atoms with E-state index in [1.54, 1.807) is 37.5 Å². The first-order chi connectivity index (χ1) is 10.0. The summed E-state index contributed by atoms with van der Waals surface area (Å²) in [5, 5.41) is 9.00. The average Bonchev–Trinajstić information content (AvgIpc) is 2.93. The zero-order chi connectivity index (χ0) is 15.2. The molecule has 0 fully saturated rings. The summed E-state index contributed by atoms with van der Waals surface area (Å²) in [7, 11) is 1.65. The van der Waals surface area contributed by atoms with E-state index in [0.29, 0.717) is 28.9 Å². The fraction of sp³-hybridized carbons (Fsp3) is 0.231. The van der Waals surface area contributed by atoms with Crippen LogP contribution in [0.4, 0.5) is 19.3 Å². The van der Waals surface area contributed by atoms with Gasteiger partial charge in [-0.05, 0) is 17.7 Å². The number of nitrogens with one attached hydrogen (secondary N) is 2. The fourth-order valence-electron chi connectivity index (χ4n) is 1.66. The van der Waals surface area contributed by atoms with E-state index in [9.17, 15) is 13.6 Å². The number of anilines is 1. The lowest BCUT2D eigenvalue weighted by atomic mass is 10.2. The Labute approximate surface area is 124 Å². The fourth-order valence-corrected chi connectivity index (χ4v) is 2.16. The van der Waals surface area contributed by atoms with Gasteiger partial charge in [-0.25, -0.2) is 4.79 Å². The van der Waals surface area contributed by atoms with E-state index in [-0.39, 0.29) is 6.03 Å². The monoisotopic (exact) mass is 312 g/mol. The van der Waals surface area contributed by atoms with Gasteiger partial charge in [0.2, 0.25) is 0 Å². The van der Waals surface area contributed by atoms with E-state index in [2.05, 4.69) is 15.5 Å². The molecule has 1 heterocycles. The Bertz CT molecular complexity index is 574. The molecule has 0 saturated carbocycles. The van der Waals surface area contributed by atoms with Gasteiger partial charge in [0.05, 0.1) is 11.9 Å². The Kier molecular flexibility index (Phi) is 5.15. The highest BCUT2D eigenvalue weighted by Gasteiger charge is 2.10. The van der Waals surface area contributed by atoms with Crippen LogP contribution in [-0.2, 0) is 6.54 Å². The number of halogens is 2. The third-order valence-corrected chi connectivity index (χ3v) is 3.39. The maximum Gasteiger partial charge on any atom is 0.321 e. The van der Waals surface area contributed by atoms with Gasteiger partial charge in [0, 0.05) is 24.7 Å². The molecule has 0 spiro atoms. The predicted molar refractivity (Wildman–Crippen MR) is 77.4 cm³/mol. The number of alkyl halides is 2. The third kappa shape index (κ3) is 4.75. The smallest absolute Gasteiger partial charge is 0.321 e. The van der Waals surface area contributed by atoms with E-state index in [4.69, 9.17) is 0 Å². The number of aromatic nitrogens is 2. The minimum absolute atomic E-state index is 0.276. The standard InChI is InChI=1S/C13H14F2N4OS/c1-19(13(20)18-10-6-16-17-7-10)8-9-2-4-11(5-3-9)21-12(14)15/h2-7,12H,8H2,1H3,(H,16,17)(H,18,20). The van der Waals surface area contributed by atoms with Crippen LogP contribution < -0.4 is 5.32 Å². The molecular formula is C13H14F2N4OS. The van der Waals surface area contributed by atoms with Gasteiger partial charge in [-0.3, -0.25) is 5.10 Å². The lowest BCUT2D eigenvalue weighted by molar-refractivity contribution is 0.220. The predicted octanol–water partition coefficient (Wildman–Crippen LogP) is 3.39. The highest BCUT2D eigenvalue weighted by Crippen LogP contribution is 2.25. The highest BCUT2D eigenvalue weighted by molar-refractivity contribution is 7.99. The van der Waals surface area contributed by atoms with Gasteiger partial charge in [0.1, 0.15) is 0 Å². The van der Waals surface area contributed by atoms with Crippen molar-refractivity contribution >= 4 is 23.5 Å². The molecule has 0 bridgehead atoms. The molecule has 0 aliphatic carbocycles. The molecule has 2 amide bonds.